The number of fused-ring (bicyclic) bond motifs is 1. The molecule has 0 unspecified atom stereocenters. The molecule has 1 aliphatic heterocycles. The molecule has 4 rings (SSSR count). The number of ether oxygens (including phenoxy) is 2. The SMILES string of the molecule is CS(=O)(=O)N(Cc1ccccc1F)c1ccc(C(=O)NC[C@@H]2COc3ccccc3O2)cc1. The van der Waals surface area contributed by atoms with Crippen molar-refractivity contribution >= 4 is 21.6 Å². The Bertz CT molecular complexity index is 1250. The third-order valence-corrected chi connectivity index (χ3v) is 6.29. The molecule has 1 atom stereocenters. The summed E-state index contributed by atoms with van der Waals surface area (Å²) in [6.45, 7) is 0.408. The maximum Gasteiger partial charge on any atom is 0.251 e. The fourth-order valence-corrected chi connectivity index (χ4v) is 4.31. The van der Waals surface area contributed by atoms with Crippen LogP contribution in [0.15, 0.2) is 72.8 Å². The van der Waals surface area contributed by atoms with Crippen LogP contribution in [0.3, 0.4) is 0 Å². The van der Waals surface area contributed by atoms with Crippen molar-refractivity contribution < 1.29 is 27.1 Å². The Kier molecular flexibility index (Phi) is 6.50. The molecule has 0 aliphatic carbocycles. The first-order valence-electron chi connectivity index (χ1n) is 10.3. The largest absolute Gasteiger partial charge is 0.486 e. The topological polar surface area (TPSA) is 84.9 Å². The van der Waals surface area contributed by atoms with Crippen LogP contribution in [0.1, 0.15) is 15.9 Å². The summed E-state index contributed by atoms with van der Waals surface area (Å²) in [5.41, 5.74) is 0.939. The van der Waals surface area contributed by atoms with Gasteiger partial charge in [-0.15, -0.1) is 0 Å². The van der Waals surface area contributed by atoms with Gasteiger partial charge in [0.15, 0.2) is 11.5 Å². The van der Waals surface area contributed by atoms with E-state index in [0.717, 1.165) is 10.6 Å². The Hall–Kier alpha value is -3.59. The fraction of sp³-hybridized carbons (Fsp3) is 0.208. The molecular formula is C24H23FN2O5S. The molecule has 0 aromatic heterocycles. The van der Waals surface area contributed by atoms with Crippen LogP contribution in [0.5, 0.6) is 11.5 Å². The van der Waals surface area contributed by atoms with Crippen molar-refractivity contribution in [2.45, 2.75) is 12.6 Å². The monoisotopic (exact) mass is 470 g/mol. The van der Waals surface area contributed by atoms with E-state index in [-0.39, 0.29) is 30.7 Å². The van der Waals surface area contributed by atoms with Gasteiger partial charge in [-0.25, -0.2) is 12.8 Å². The lowest BCUT2D eigenvalue weighted by atomic mass is 10.1. The quantitative estimate of drug-likeness (QED) is 0.573. The minimum absolute atomic E-state index is 0.155. The number of carbonyl (C=O) groups excluding carboxylic acids is 1. The Labute approximate surface area is 191 Å². The lowest BCUT2D eigenvalue weighted by Crippen LogP contribution is -2.40. The zero-order valence-electron chi connectivity index (χ0n) is 17.9. The van der Waals surface area contributed by atoms with Crippen molar-refractivity contribution in [2.75, 3.05) is 23.7 Å². The predicted molar refractivity (Wildman–Crippen MR) is 123 cm³/mol. The number of hydrogen-bond donors (Lipinski definition) is 1. The van der Waals surface area contributed by atoms with Crippen LogP contribution in [-0.2, 0) is 16.6 Å². The van der Waals surface area contributed by atoms with Crippen LogP contribution in [-0.4, -0.2) is 39.8 Å². The molecule has 1 N–H and O–H groups in total. The van der Waals surface area contributed by atoms with Gasteiger partial charge in [-0.3, -0.25) is 9.10 Å². The van der Waals surface area contributed by atoms with Gasteiger partial charge in [0, 0.05) is 11.1 Å². The number of carbonyl (C=O) groups is 1. The van der Waals surface area contributed by atoms with Gasteiger partial charge in [0.25, 0.3) is 5.91 Å². The Morgan fingerprint density at radius 2 is 1.70 bits per heavy atom. The normalized spacial score (nSPS) is 15.0. The number of para-hydroxylation sites is 2. The van der Waals surface area contributed by atoms with Crippen molar-refractivity contribution in [1.82, 2.24) is 5.32 Å². The molecule has 0 spiro atoms. The van der Waals surface area contributed by atoms with E-state index in [1.165, 1.54) is 36.4 Å². The molecule has 9 heteroatoms. The molecule has 7 nitrogen and oxygen atoms in total. The van der Waals surface area contributed by atoms with Crippen LogP contribution in [0.2, 0.25) is 0 Å². The summed E-state index contributed by atoms with van der Waals surface area (Å²) in [5.74, 6) is 0.479. The Balaban J connectivity index is 1.41. The smallest absolute Gasteiger partial charge is 0.251 e. The van der Waals surface area contributed by atoms with E-state index in [0.29, 0.717) is 29.4 Å². The highest BCUT2D eigenvalue weighted by molar-refractivity contribution is 7.92. The number of amides is 1. The van der Waals surface area contributed by atoms with Gasteiger partial charge in [0.2, 0.25) is 10.0 Å². The van der Waals surface area contributed by atoms with Gasteiger partial charge < -0.3 is 14.8 Å². The van der Waals surface area contributed by atoms with Gasteiger partial charge in [0.05, 0.1) is 25.0 Å². The van der Waals surface area contributed by atoms with E-state index < -0.39 is 15.8 Å². The molecule has 0 saturated carbocycles. The molecular weight excluding hydrogens is 447 g/mol. The first-order valence-corrected chi connectivity index (χ1v) is 12.1. The second-order valence-corrected chi connectivity index (χ2v) is 9.52. The molecule has 0 radical (unpaired) electrons. The molecule has 172 valence electrons. The van der Waals surface area contributed by atoms with Crippen LogP contribution >= 0.6 is 0 Å². The summed E-state index contributed by atoms with van der Waals surface area (Å²) in [6.07, 6.45) is 0.725. The molecule has 3 aromatic rings. The van der Waals surface area contributed by atoms with Crippen LogP contribution in [0.4, 0.5) is 10.1 Å². The molecule has 1 heterocycles. The number of rotatable bonds is 7. The second kappa shape index (κ2) is 9.50. The van der Waals surface area contributed by atoms with Crippen LogP contribution in [0.25, 0.3) is 0 Å². The van der Waals surface area contributed by atoms with Crippen molar-refractivity contribution in [3.63, 3.8) is 0 Å². The van der Waals surface area contributed by atoms with Gasteiger partial charge >= 0.3 is 0 Å². The second-order valence-electron chi connectivity index (χ2n) is 7.62. The fourth-order valence-electron chi connectivity index (χ4n) is 3.43. The number of benzene rings is 3. The molecule has 33 heavy (non-hydrogen) atoms. The lowest BCUT2D eigenvalue weighted by molar-refractivity contribution is 0.0789. The van der Waals surface area contributed by atoms with E-state index in [1.54, 1.807) is 18.2 Å². The number of halogens is 1. The third-order valence-electron chi connectivity index (χ3n) is 5.15. The zero-order valence-corrected chi connectivity index (χ0v) is 18.7. The summed E-state index contributed by atoms with van der Waals surface area (Å²) < 4.78 is 51.3. The molecule has 1 aliphatic rings. The predicted octanol–water partition coefficient (Wildman–Crippen LogP) is 3.36. The van der Waals surface area contributed by atoms with Crippen molar-refractivity contribution in [3.8, 4) is 11.5 Å². The van der Waals surface area contributed by atoms with Crippen molar-refractivity contribution in [1.29, 1.82) is 0 Å². The highest BCUT2D eigenvalue weighted by atomic mass is 32.2. The van der Waals surface area contributed by atoms with Gasteiger partial charge in [0.1, 0.15) is 18.5 Å². The van der Waals surface area contributed by atoms with Crippen LogP contribution in [0, 0.1) is 5.82 Å². The maximum atomic E-state index is 14.1. The molecule has 0 fully saturated rings. The van der Waals surface area contributed by atoms with E-state index in [4.69, 9.17) is 9.47 Å². The summed E-state index contributed by atoms with van der Waals surface area (Å²) in [7, 11) is -3.68. The standard InChI is InChI=1S/C24H23FN2O5S/c1-33(29,30)27(15-18-6-2-3-7-21(18)25)19-12-10-17(11-13-19)24(28)26-14-20-16-31-22-8-4-5-9-23(22)32-20/h2-13,20H,14-16H2,1H3,(H,26,28)/t20-/m1/s1. The number of nitrogens with zero attached hydrogens (tertiary/aromatic N) is 1. The molecule has 3 aromatic carbocycles. The Morgan fingerprint density at radius 3 is 2.39 bits per heavy atom. The minimum Gasteiger partial charge on any atom is -0.486 e. The zero-order chi connectivity index (χ0) is 23.4. The average molecular weight is 471 g/mol. The van der Waals surface area contributed by atoms with E-state index >= 15 is 0 Å². The number of sulfonamides is 1. The van der Waals surface area contributed by atoms with Gasteiger partial charge in [-0.1, -0.05) is 30.3 Å². The van der Waals surface area contributed by atoms with Crippen LogP contribution < -0.4 is 19.1 Å². The van der Waals surface area contributed by atoms with Crippen molar-refractivity contribution in [3.05, 3.63) is 89.7 Å². The number of hydrogen-bond acceptors (Lipinski definition) is 5. The van der Waals surface area contributed by atoms with Gasteiger partial charge in [-0.05, 0) is 42.5 Å². The number of anilines is 1. The summed E-state index contributed by atoms with van der Waals surface area (Å²) in [5, 5.41) is 2.80. The molecule has 1 amide bonds. The lowest BCUT2D eigenvalue weighted by Gasteiger charge is -2.26. The highest BCUT2D eigenvalue weighted by Gasteiger charge is 2.22. The first-order chi connectivity index (χ1) is 15.8. The van der Waals surface area contributed by atoms with E-state index in [1.807, 2.05) is 18.2 Å². The van der Waals surface area contributed by atoms with Crippen molar-refractivity contribution in [2.24, 2.45) is 0 Å². The molecule has 0 bridgehead atoms. The van der Waals surface area contributed by atoms with E-state index in [9.17, 15) is 17.6 Å². The molecule has 0 saturated heterocycles. The minimum atomic E-state index is -3.68. The summed E-state index contributed by atoms with van der Waals surface area (Å²) in [6, 6.07) is 19.4. The first kappa shape index (κ1) is 22.6. The number of nitrogens with one attached hydrogen (secondary N) is 1. The average Bonchev–Trinajstić information content (AvgIpc) is 2.81. The van der Waals surface area contributed by atoms with E-state index in [2.05, 4.69) is 5.32 Å². The highest BCUT2D eigenvalue weighted by Crippen LogP contribution is 2.30. The van der Waals surface area contributed by atoms with Gasteiger partial charge in [-0.2, -0.15) is 0 Å². The summed E-state index contributed by atoms with van der Waals surface area (Å²) in [4.78, 5) is 12.6. The third kappa shape index (κ3) is 5.43. The Morgan fingerprint density at radius 1 is 1.03 bits per heavy atom. The summed E-state index contributed by atoms with van der Waals surface area (Å²) >= 11 is 0. The maximum absolute atomic E-state index is 14.1.